The van der Waals surface area contributed by atoms with E-state index in [0.29, 0.717) is 5.75 Å². The van der Waals surface area contributed by atoms with E-state index in [1.54, 1.807) is 12.1 Å². The molecule has 0 aromatic heterocycles. The number of ether oxygens (including phenoxy) is 1. The van der Waals surface area contributed by atoms with Gasteiger partial charge in [0.15, 0.2) is 0 Å². The highest BCUT2D eigenvalue weighted by Crippen LogP contribution is 2.20. The van der Waals surface area contributed by atoms with Crippen molar-refractivity contribution < 1.29 is 14.3 Å². The second-order valence-electron chi connectivity index (χ2n) is 3.05. The second kappa shape index (κ2) is 3.92. The largest absolute Gasteiger partial charge is 0.421 e. The molecule has 2 aromatic carbocycles. The van der Waals surface area contributed by atoms with Gasteiger partial charge in [-0.3, -0.25) is 4.79 Å². The molecule has 2 rings (SSSR count). The average Bonchev–Trinajstić information content (AvgIpc) is 2.29. The number of carbonyl (C=O) groups excluding carboxylic acids is 2. The van der Waals surface area contributed by atoms with Crippen molar-refractivity contribution in [3.05, 3.63) is 42.5 Å². The molecule has 0 amide bonds. The molecule has 0 aliphatic carbocycles. The van der Waals surface area contributed by atoms with Crippen LogP contribution in [0.15, 0.2) is 42.5 Å². The smallest absolute Gasteiger partial charge is 0.376 e. The molecule has 0 fully saturated rings. The summed E-state index contributed by atoms with van der Waals surface area (Å²) in [7, 11) is 0. The van der Waals surface area contributed by atoms with Crippen LogP contribution in [-0.4, -0.2) is 12.3 Å². The first-order chi connectivity index (χ1) is 7.29. The van der Waals surface area contributed by atoms with Crippen LogP contribution in [0.3, 0.4) is 0 Å². The Labute approximate surface area is 86.3 Å². The number of carbonyl (C=O) groups is 2. The minimum absolute atomic E-state index is 0.148. The van der Waals surface area contributed by atoms with Gasteiger partial charge in [-0.1, -0.05) is 30.3 Å². The predicted molar refractivity (Wildman–Crippen MR) is 55.6 cm³/mol. The van der Waals surface area contributed by atoms with E-state index in [2.05, 4.69) is 0 Å². The van der Waals surface area contributed by atoms with E-state index in [1.165, 1.54) is 0 Å². The molecule has 0 bridgehead atoms. The molecule has 15 heavy (non-hydrogen) atoms. The summed E-state index contributed by atoms with van der Waals surface area (Å²) in [4.78, 5) is 20.8. The first-order valence-electron chi connectivity index (χ1n) is 4.45. The summed E-state index contributed by atoms with van der Waals surface area (Å²) < 4.78 is 4.76. The van der Waals surface area contributed by atoms with Gasteiger partial charge in [-0.15, -0.1) is 0 Å². The maximum absolute atomic E-state index is 10.7. The van der Waals surface area contributed by atoms with Crippen LogP contribution in [0.4, 0.5) is 0 Å². The van der Waals surface area contributed by atoms with E-state index in [-0.39, 0.29) is 6.29 Å². The number of rotatable bonds is 2. The highest BCUT2D eigenvalue weighted by molar-refractivity contribution is 6.21. The molecule has 0 saturated heterocycles. The Morgan fingerprint density at radius 2 is 1.80 bits per heavy atom. The number of hydrogen-bond acceptors (Lipinski definition) is 3. The fraction of sp³-hybridized carbons (Fsp3) is 0. The molecule has 0 N–H and O–H groups in total. The Kier molecular flexibility index (Phi) is 2.46. The maximum atomic E-state index is 10.7. The molecular weight excluding hydrogens is 192 g/mol. The van der Waals surface area contributed by atoms with Crippen molar-refractivity contribution in [2.75, 3.05) is 0 Å². The predicted octanol–water partition coefficient (Wildman–Crippen LogP) is 1.94. The van der Waals surface area contributed by atoms with Crippen LogP contribution in [0.5, 0.6) is 5.75 Å². The van der Waals surface area contributed by atoms with Crippen molar-refractivity contribution in [1.82, 2.24) is 0 Å². The lowest BCUT2D eigenvalue weighted by molar-refractivity contribution is -0.141. The Bertz CT molecular complexity index is 517. The van der Waals surface area contributed by atoms with Gasteiger partial charge >= 0.3 is 5.97 Å². The van der Waals surface area contributed by atoms with E-state index < -0.39 is 5.97 Å². The molecule has 2 aromatic rings. The van der Waals surface area contributed by atoms with E-state index in [9.17, 15) is 9.59 Å². The van der Waals surface area contributed by atoms with Gasteiger partial charge in [0.05, 0.1) is 0 Å². The Morgan fingerprint density at radius 1 is 1.07 bits per heavy atom. The molecule has 0 saturated carbocycles. The van der Waals surface area contributed by atoms with Gasteiger partial charge < -0.3 is 4.74 Å². The summed E-state index contributed by atoms with van der Waals surface area (Å²) in [5.74, 6) is -0.504. The number of fused-ring (bicyclic) bond motifs is 1. The SMILES string of the molecule is O=CC(=O)Oc1ccc2ccccc2c1. The fourth-order valence-corrected chi connectivity index (χ4v) is 1.37. The minimum atomic E-state index is -0.884. The number of aldehydes is 1. The van der Waals surface area contributed by atoms with E-state index in [4.69, 9.17) is 4.74 Å². The first kappa shape index (κ1) is 9.40. The van der Waals surface area contributed by atoms with Crippen molar-refractivity contribution in [2.24, 2.45) is 0 Å². The highest BCUT2D eigenvalue weighted by atomic mass is 16.5. The summed E-state index contributed by atoms with van der Waals surface area (Å²) >= 11 is 0. The molecule has 0 atom stereocenters. The Hall–Kier alpha value is -2.16. The number of esters is 1. The average molecular weight is 200 g/mol. The Balaban J connectivity index is 2.38. The molecule has 0 aliphatic heterocycles. The molecule has 0 radical (unpaired) electrons. The molecule has 0 heterocycles. The summed E-state index contributed by atoms with van der Waals surface area (Å²) in [5.41, 5.74) is 0. The molecule has 0 spiro atoms. The van der Waals surface area contributed by atoms with Crippen molar-refractivity contribution in [3.63, 3.8) is 0 Å². The summed E-state index contributed by atoms with van der Waals surface area (Å²) in [6.07, 6.45) is 0.148. The highest BCUT2D eigenvalue weighted by Gasteiger charge is 2.02. The summed E-state index contributed by atoms with van der Waals surface area (Å²) in [6, 6.07) is 12.9. The molecule has 3 nitrogen and oxygen atoms in total. The quantitative estimate of drug-likeness (QED) is 0.322. The summed E-state index contributed by atoms with van der Waals surface area (Å²) in [6.45, 7) is 0. The molecule has 0 aliphatic rings. The van der Waals surface area contributed by atoms with Gasteiger partial charge in [0, 0.05) is 0 Å². The zero-order chi connectivity index (χ0) is 10.7. The van der Waals surface area contributed by atoms with E-state index in [1.807, 2.05) is 30.3 Å². The van der Waals surface area contributed by atoms with Gasteiger partial charge in [-0.25, -0.2) is 4.79 Å². The van der Waals surface area contributed by atoms with Crippen molar-refractivity contribution in [1.29, 1.82) is 0 Å². The molecule has 0 unspecified atom stereocenters. The molecule has 3 heteroatoms. The minimum Gasteiger partial charge on any atom is -0.421 e. The zero-order valence-corrected chi connectivity index (χ0v) is 7.84. The molecular formula is C12H8O3. The van der Waals surface area contributed by atoms with Crippen LogP contribution in [0.1, 0.15) is 0 Å². The number of hydrogen-bond donors (Lipinski definition) is 0. The maximum Gasteiger partial charge on any atom is 0.376 e. The number of benzene rings is 2. The van der Waals surface area contributed by atoms with E-state index >= 15 is 0 Å². The van der Waals surface area contributed by atoms with Crippen LogP contribution >= 0.6 is 0 Å². The zero-order valence-electron chi connectivity index (χ0n) is 7.84. The topological polar surface area (TPSA) is 43.4 Å². The third kappa shape index (κ3) is 2.02. The lowest BCUT2D eigenvalue weighted by Crippen LogP contribution is -2.08. The van der Waals surface area contributed by atoms with Gasteiger partial charge in [-0.2, -0.15) is 0 Å². The van der Waals surface area contributed by atoms with Gasteiger partial charge in [0.25, 0.3) is 0 Å². The lowest BCUT2D eigenvalue weighted by Gasteiger charge is -2.01. The van der Waals surface area contributed by atoms with Gasteiger partial charge in [0.2, 0.25) is 6.29 Å². The third-order valence-electron chi connectivity index (χ3n) is 2.04. The standard InChI is InChI=1S/C12H8O3/c13-8-12(14)15-11-6-5-9-3-1-2-4-10(9)7-11/h1-8H. The molecule has 74 valence electrons. The van der Waals surface area contributed by atoms with Crippen LogP contribution in [-0.2, 0) is 9.59 Å². The van der Waals surface area contributed by atoms with Crippen LogP contribution in [0, 0.1) is 0 Å². The normalized spacial score (nSPS) is 9.87. The summed E-state index contributed by atoms with van der Waals surface area (Å²) in [5, 5.41) is 2.03. The first-order valence-corrected chi connectivity index (χ1v) is 4.45. The monoisotopic (exact) mass is 200 g/mol. The van der Waals surface area contributed by atoms with Crippen molar-refractivity contribution >= 4 is 23.0 Å². The van der Waals surface area contributed by atoms with Crippen molar-refractivity contribution in [3.8, 4) is 5.75 Å². The van der Waals surface area contributed by atoms with Crippen LogP contribution in [0.2, 0.25) is 0 Å². The van der Waals surface area contributed by atoms with Crippen LogP contribution < -0.4 is 4.74 Å². The fourth-order valence-electron chi connectivity index (χ4n) is 1.37. The third-order valence-corrected chi connectivity index (χ3v) is 2.04. The van der Waals surface area contributed by atoms with E-state index in [0.717, 1.165) is 10.8 Å². The van der Waals surface area contributed by atoms with Gasteiger partial charge in [0.1, 0.15) is 5.75 Å². The Morgan fingerprint density at radius 3 is 2.53 bits per heavy atom. The lowest BCUT2D eigenvalue weighted by atomic mass is 10.1. The van der Waals surface area contributed by atoms with Crippen molar-refractivity contribution in [2.45, 2.75) is 0 Å². The van der Waals surface area contributed by atoms with Gasteiger partial charge in [-0.05, 0) is 22.9 Å². The second-order valence-corrected chi connectivity index (χ2v) is 3.05. The van der Waals surface area contributed by atoms with Crippen LogP contribution in [0.25, 0.3) is 10.8 Å².